The van der Waals surface area contributed by atoms with Crippen molar-refractivity contribution in [2.75, 3.05) is 0 Å². The van der Waals surface area contributed by atoms with Crippen molar-refractivity contribution < 1.29 is 14.3 Å². The lowest BCUT2D eigenvalue weighted by Gasteiger charge is -2.20. The van der Waals surface area contributed by atoms with Crippen LogP contribution in [0.5, 0.6) is 5.75 Å². The number of amides is 2. The number of carbonyl (C=O) groups is 2. The van der Waals surface area contributed by atoms with Gasteiger partial charge in [0.2, 0.25) is 0 Å². The van der Waals surface area contributed by atoms with Gasteiger partial charge < -0.3 is 10.1 Å². The van der Waals surface area contributed by atoms with Crippen LogP contribution in [0.25, 0.3) is 0 Å². The highest BCUT2D eigenvalue weighted by molar-refractivity contribution is 9.10. The molecule has 0 fully saturated rings. The molecule has 7 heteroatoms. The molecular formula is C22H26BrN3O3. The van der Waals surface area contributed by atoms with E-state index in [-0.39, 0.29) is 23.8 Å². The first-order valence-corrected chi connectivity index (χ1v) is 10.2. The Morgan fingerprint density at radius 1 is 1.07 bits per heavy atom. The zero-order valence-corrected chi connectivity index (χ0v) is 18.6. The van der Waals surface area contributed by atoms with Gasteiger partial charge in [-0.1, -0.05) is 48.0 Å². The van der Waals surface area contributed by atoms with Crippen LogP contribution in [-0.2, 0) is 4.79 Å². The first-order valence-electron chi connectivity index (χ1n) is 9.43. The minimum atomic E-state index is -0.714. The normalized spacial score (nSPS) is 12.2. The fraction of sp³-hybridized carbons (Fsp3) is 0.318. The topological polar surface area (TPSA) is 79.8 Å². The van der Waals surface area contributed by atoms with Crippen molar-refractivity contribution in [3.63, 3.8) is 0 Å². The zero-order chi connectivity index (χ0) is 21.4. The van der Waals surface area contributed by atoms with Crippen LogP contribution in [0, 0.1) is 5.92 Å². The minimum absolute atomic E-state index is 0.0106. The monoisotopic (exact) mass is 459 g/mol. The van der Waals surface area contributed by atoms with E-state index >= 15 is 0 Å². The van der Waals surface area contributed by atoms with Crippen LogP contribution >= 0.6 is 15.9 Å². The van der Waals surface area contributed by atoms with Crippen molar-refractivity contribution in [2.24, 2.45) is 11.0 Å². The van der Waals surface area contributed by atoms with Crippen molar-refractivity contribution >= 4 is 34.0 Å². The first-order chi connectivity index (χ1) is 13.8. The molecule has 0 aliphatic rings. The Kier molecular flexibility index (Phi) is 8.39. The number of rotatable bonds is 8. The SMILES string of the molecule is CC(C)Oc1ccc(Br)cc1/C=N/NC(=O)C(NC(=O)c1ccccc1)C(C)C. The summed E-state index contributed by atoms with van der Waals surface area (Å²) >= 11 is 3.42. The Hall–Kier alpha value is -2.67. The molecule has 6 nitrogen and oxygen atoms in total. The van der Waals surface area contributed by atoms with E-state index < -0.39 is 6.04 Å². The second-order valence-electron chi connectivity index (χ2n) is 7.14. The second kappa shape index (κ2) is 10.8. The standard InChI is InChI=1S/C22H26BrN3O3/c1-14(2)20(25-21(27)16-8-6-5-7-9-16)22(28)26-24-13-17-12-18(23)10-11-19(17)29-15(3)4/h5-15,20H,1-4H3,(H,25,27)(H,26,28)/b24-13+. The number of hydrazone groups is 1. The fourth-order valence-electron chi connectivity index (χ4n) is 2.57. The van der Waals surface area contributed by atoms with E-state index in [0.29, 0.717) is 11.3 Å². The summed E-state index contributed by atoms with van der Waals surface area (Å²) in [5, 5.41) is 6.83. The Morgan fingerprint density at radius 3 is 2.38 bits per heavy atom. The Bertz CT molecular complexity index is 867. The van der Waals surface area contributed by atoms with Crippen molar-refractivity contribution in [3.8, 4) is 5.75 Å². The summed E-state index contributed by atoms with van der Waals surface area (Å²) in [6.07, 6.45) is 1.54. The molecule has 0 radical (unpaired) electrons. The third-order valence-corrected chi connectivity index (χ3v) is 4.48. The highest BCUT2D eigenvalue weighted by atomic mass is 79.9. The lowest BCUT2D eigenvalue weighted by Crippen LogP contribution is -2.48. The number of carbonyl (C=O) groups excluding carboxylic acids is 2. The van der Waals surface area contributed by atoms with Crippen molar-refractivity contribution in [2.45, 2.75) is 39.8 Å². The van der Waals surface area contributed by atoms with Crippen molar-refractivity contribution in [3.05, 3.63) is 64.1 Å². The van der Waals surface area contributed by atoms with Crippen LogP contribution in [0.15, 0.2) is 58.1 Å². The van der Waals surface area contributed by atoms with E-state index in [1.54, 1.807) is 24.3 Å². The molecule has 0 aliphatic carbocycles. The number of nitrogens with zero attached hydrogens (tertiary/aromatic N) is 1. The first kappa shape index (κ1) is 22.6. The van der Waals surface area contributed by atoms with Gasteiger partial charge in [-0.05, 0) is 50.1 Å². The Balaban J connectivity index is 2.07. The number of hydrogen-bond acceptors (Lipinski definition) is 4. The average molecular weight is 460 g/mol. The van der Waals surface area contributed by atoms with Gasteiger partial charge in [0.05, 0.1) is 12.3 Å². The summed E-state index contributed by atoms with van der Waals surface area (Å²) in [5.41, 5.74) is 3.74. The van der Waals surface area contributed by atoms with E-state index in [0.717, 1.165) is 10.0 Å². The highest BCUT2D eigenvalue weighted by Gasteiger charge is 2.24. The van der Waals surface area contributed by atoms with E-state index in [1.165, 1.54) is 6.21 Å². The number of hydrogen-bond donors (Lipinski definition) is 2. The predicted octanol–water partition coefficient (Wildman–Crippen LogP) is 4.14. The van der Waals surface area contributed by atoms with Crippen LogP contribution in [0.2, 0.25) is 0 Å². The fourth-order valence-corrected chi connectivity index (χ4v) is 2.94. The summed E-state index contributed by atoms with van der Waals surface area (Å²) in [4.78, 5) is 25.0. The highest BCUT2D eigenvalue weighted by Crippen LogP contribution is 2.22. The largest absolute Gasteiger partial charge is 0.490 e. The third-order valence-electron chi connectivity index (χ3n) is 3.98. The van der Waals surface area contributed by atoms with Crippen LogP contribution in [0.4, 0.5) is 0 Å². The second-order valence-corrected chi connectivity index (χ2v) is 8.06. The van der Waals surface area contributed by atoms with Crippen molar-refractivity contribution in [1.82, 2.24) is 10.7 Å². The zero-order valence-electron chi connectivity index (χ0n) is 17.0. The van der Waals surface area contributed by atoms with Gasteiger partial charge in [-0.2, -0.15) is 5.10 Å². The molecule has 1 unspecified atom stereocenters. The van der Waals surface area contributed by atoms with Gasteiger partial charge in [-0.25, -0.2) is 5.43 Å². The smallest absolute Gasteiger partial charge is 0.262 e. The van der Waals surface area contributed by atoms with Gasteiger partial charge in [0.15, 0.2) is 0 Å². The quantitative estimate of drug-likeness (QED) is 0.459. The molecule has 0 saturated carbocycles. The van der Waals surface area contributed by atoms with Gasteiger partial charge in [-0.15, -0.1) is 0 Å². The number of ether oxygens (including phenoxy) is 1. The maximum atomic E-state index is 12.6. The van der Waals surface area contributed by atoms with Crippen LogP contribution < -0.4 is 15.5 Å². The number of nitrogens with one attached hydrogen (secondary N) is 2. The predicted molar refractivity (Wildman–Crippen MR) is 118 cm³/mol. The molecule has 2 aromatic rings. The average Bonchev–Trinajstić information content (AvgIpc) is 2.68. The summed E-state index contributed by atoms with van der Waals surface area (Å²) in [6, 6.07) is 13.6. The molecule has 2 rings (SSSR count). The molecule has 1 atom stereocenters. The molecule has 154 valence electrons. The van der Waals surface area contributed by atoms with E-state index in [4.69, 9.17) is 4.74 Å². The molecule has 0 aromatic heterocycles. The van der Waals surface area contributed by atoms with E-state index in [2.05, 4.69) is 31.8 Å². The van der Waals surface area contributed by atoms with Crippen LogP contribution in [-0.4, -0.2) is 30.2 Å². The van der Waals surface area contributed by atoms with Crippen molar-refractivity contribution in [1.29, 1.82) is 0 Å². The lowest BCUT2D eigenvalue weighted by molar-refractivity contribution is -0.123. The molecule has 2 amide bonds. The molecule has 29 heavy (non-hydrogen) atoms. The Morgan fingerprint density at radius 2 is 1.76 bits per heavy atom. The van der Waals surface area contributed by atoms with Gasteiger partial charge in [0.25, 0.3) is 11.8 Å². The third kappa shape index (κ3) is 7.02. The molecule has 0 saturated heterocycles. The molecule has 2 aromatic carbocycles. The van der Waals surface area contributed by atoms with E-state index in [1.807, 2.05) is 52.0 Å². The summed E-state index contributed by atoms with van der Waals surface area (Å²) in [7, 11) is 0. The van der Waals surface area contributed by atoms with Gasteiger partial charge in [0.1, 0.15) is 11.8 Å². The molecule has 0 spiro atoms. The lowest BCUT2D eigenvalue weighted by atomic mass is 10.0. The maximum absolute atomic E-state index is 12.6. The van der Waals surface area contributed by atoms with Gasteiger partial charge >= 0.3 is 0 Å². The summed E-state index contributed by atoms with van der Waals surface area (Å²) in [5.74, 6) is -0.132. The summed E-state index contributed by atoms with van der Waals surface area (Å²) < 4.78 is 6.64. The Labute approximate surface area is 179 Å². The maximum Gasteiger partial charge on any atom is 0.262 e. The molecule has 0 bridgehead atoms. The summed E-state index contributed by atoms with van der Waals surface area (Å²) in [6.45, 7) is 7.60. The van der Waals surface area contributed by atoms with E-state index in [9.17, 15) is 9.59 Å². The van der Waals surface area contributed by atoms with Gasteiger partial charge in [0, 0.05) is 15.6 Å². The van der Waals surface area contributed by atoms with Crippen LogP contribution in [0.1, 0.15) is 43.6 Å². The molecule has 0 aliphatic heterocycles. The number of halogens is 1. The molecular weight excluding hydrogens is 434 g/mol. The number of benzene rings is 2. The van der Waals surface area contributed by atoms with Gasteiger partial charge in [-0.3, -0.25) is 9.59 Å². The molecule has 2 N–H and O–H groups in total. The minimum Gasteiger partial charge on any atom is -0.490 e. The van der Waals surface area contributed by atoms with Crippen LogP contribution in [0.3, 0.4) is 0 Å². The molecule has 0 heterocycles.